The van der Waals surface area contributed by atoms with E-state index in [1.54, 1.807) is 0 Å². The van der Waals surface area contributed by atoms with Crippen LogP contribution in [0.2, 0.25) is 0 Å². The molecule has 0 atom stereocenters. The molecule has 0 aromatic heterocycles. The quantitative estimate of drug-likeness (QED) is 0.833. The lowest BCUT2D eigenvalue weighted by molar-refractivity contribution is 0.692. The summed E-state index contributed by atoms with van der Waals surface area (Å²) in [7, 11) is 0. The van der Waals surface area contributed by atoms with Gasteiger partial charge in [0.1, 0.15) is 0 Å². The highest BCUT2D eigenvalue weighted by molar-refractivity contribution is 9.10. The minimum atomic E-state index is 0.676. The molecular weight excluding hydrogens is 288 g/mol. The Labute approximate surface area is 116 Å². The van der Waals surface area contributed by atoms with E-state index in [0.717, 1.165) is 23.1 Å². The first-order valence-electron chi connectivity index (χ1n) is 5.70. The molecule has 0 aliphatic heterocycles. The monoisotopic (exact) mass is 300 g/mol. The topological polar surface area (TPSA) is 16.4 Å². The van der Waals surface area contributed by atoms with Crippen molar-refractivity contribution in [2.24, 2.45) is 0 Å². The molecule has 0 saturated carbocycles. The third-order valence-electron chi connectivity index (χ3n) is 2.65. The van der Waals surface area contributed by atoms with Crippen molar-refractivity contribution < 1.29 is 0 Å². The van der Waals surface area contributed by atoms with Crippen molar-refractivity contribution in [3.8, 4) is 0 Å². The van der Waals surface area contributed by atoms with Gasteiger partial charge in [-0.15, -0.1) is 0 Å². The van der Waals surface area contributed by atoms with E-state index in [0.29, 0.717) is 5.69 Å². The molecule has 2 nitrogen and oxygen atoms in total. The van der Waals surface area contributed by atoms with Crippen LogP contribution < -0.4 is 5.32 Å². The first kappa shape index (κ1) is 12.8. The van der Waals surface area contributed by atoms with E-state index in [9.17, 15) is 0 Å². The Hall–Kier alpha value is -1.63. The zero-order chi connectivity index (χ0) is 12.8. The lowest BCUT2D eigenvalue weighted by Gasteiger charge is -2.07. The second kappa shape index (κ2) is 6.34. The van der Waals surface area contributed by atoms with Crippen molar-refractivity contribution in [2.75, 3.05) is 0 Å². The Balaban J connectivity index is 1.96. The van der Waals surface area contributed by atoms with Gasteiger partial charge in [-0.1, -0.05) is 64.5 Å². The maximum absolute atomic E-state index is 7.01. The van der Waals surface area contributed by atoms with Gasteiger partial charge in [0.25, 0.3) is 0 Å². The lowest BCUT2D eigenvalue weighted by Crippen LogP contribution is -2.12. The summed E-state index contributed by atoms with van der Waals surface area (Å²) in [5, 5.41) is 3.38. The van der Waals surface area contributed by atoms with Gasteiger partial charge in [0.15, 0.2) is 5.69 Å². The van der Waals surface area contributed by atoms with Crippen molar-refractivity contribution >= 4 is 21.6 Å². The summed E-state index contributed by atoms with van der Waals surface area (Å²) < 4.78 is 1.04. The van der Waals surface area contributed by atoms with Crippen molar-refractivity contribution in [3.63, 3.8) is 0 Å². The second-order valence-electron chi connectivity index (χ2n) is 3.98. The molecule has 0 amide bonds. The molecule has 0 saturated heterocycles. The Morgan fingerprint density at radius 2 is 1.83 bits per heavy atom. The maximum Gasteiger partial charge on any atom is 0.187 e. The molecule has 0 heterocycles. The molecule has 0 radical (unpaired) electrons. The molecular formula is C15H13BrN2. The van der Waals surface area contributed by atoms with Crippen LogP contribution in [-0.4, -0.2) is 0 Å². The zero-order valence-electron chi connectivity index (χ0n) is 9.86. The van der Waals surface area contributed by atoms with E-state index in [4.69, 9.17) is 6.57 Å². The number of rotatable bonds is 4. The van der Waals surface area contributed by atoms with Crippen molar-refractivity contribution in [1.29, 1.82) is 0 Å². The number of halogens is 1. The Bertz CT molecular complexity index is 558. The van der Waals surface area contributed by atoms with E-state index in [1.807, 2.05) is 36.4 Å². The molecule has 0 fully saturated rings. The van der Waals surface area contributed by atoms with Crippen LogP contribution in [0.1, 0.15) is 11.1 Å². The number of hydrogen-bond donors (Lipinski definition) is 1. The number of nitrogens with one attached hydrogen (secondary N) is 1. The van der Waals surface area contributed by atoms with Gasteiger partial charge in [0.05, 0.1) is 6.57 Å². The Kier molecular flexibility index (Phi) is 4.52. The van der Waals surface area contributed by atoms with E-state index < -0.39 is 0 Å². The highest BCUT2D eigenvalue weighted by Crippen LogP contribution is 2.22. The fraction of sp³-hybridized carbons (Fsp3) is 0.133. The number of benzene rings is 2. The molecule has 0 aliphatic carbocycles. The highest BCUT2D eigenvalue weighted by atomic mass is 79.9. The first-order valence-corrected chi connectivity index (χ1v) is 6.49. The summed E-state index contributed by atoms with van der Waals surface area (Å²) in [4.78, 5) is 3.44. The lowest BCUT2D eigenvalue weighted by atomic mass is 10.2. The third kappa shape index (κ3) is 3.43. The largest absolute Gasteiger partial charge is 0.309 e. The summed E-state index contributed by atoms with van der Waals surface area (Å²) in [6.07, 6.45) is 0. The van der Waals surface area contributed by atoms with Gasteiger partial charge in [-0.25, -0.2) is 4.85 Å². The van der Waals surface area contributed by atoms with Crippen LogP contribution in [0.3, 0.4) is 0 Å². The normalized spacial score (nSPS) is 10.0. The molecule has 90 valence electrons. The van der Waals surface area contributed by atoms with Crippen LogP contribution in [0.15, 0.2) is 53.0 Å². The molecule has 2 rings (SSSR count). The zero-order valence-corrected chi connectivity index (χ0v) is 11.4. The summed E-state index contributed by atoms with van der Waals surface area (Å²) >= 11 is 3.50. The molecule has 1 N–H and O–H groups in total. The van der Waals surface area contributed by atoms with Gasteiger partial charge in [0.2, 0.25) is 0 Å². The second-order valence-corrected chi connectivity index (χ2v) is 4.83. The predicted octanol–water partition coefficient (Wildman–Crippen LogP) is 4.29. The molecule has 0 spiro atoms. The van der Waals surface area contributed by atoms with Gasteiger partial charge in [0, 0.05) is 17.6 Å². The van der Waals surface area contributed by atoms with Gasteiger partial charge in [-0.3, -0.25) is 0 Å². The summed E-state index contributed by atoms with van der Waals surface area (Å²) in [5.74, 6) is 0. The fourth-order valence-corrected chi connectivity index (χ4v) is 2.09. The van der Waals surface area contributed by atoms with Crippen molar-refractivity contribution in [2.45, 2.75) is 13.1 Å². The van der Waals surface area contributed by atoms with E-state index in [2.05, 4.69) is 38.2 Å². The summed E-state index contributed by atoms with van der Waals surface area (Å²) in [5.41, 5.74) is 3.05. The minimum Gasteiger partial charge on any atom is -0.309 e. The van der Waals surface area contributed by atoms with Crippen LogP contribution in [-0.2, 0) is 13.1 Å². The maximum atomic E-state index is 7.01. The van der Waals surface area contributed by atoms with Crippen LogP contribution in [0.5, 0.6) is 0 Å². The molecule has 0 aliphatic rings. The van der Waals surface area contributed by atoms with Gasteiger partial charge < -0.3 is 5.32 Å². The molecule has 2 aromatic carbocycles. The number of hydrogen-bond acceptors (Lipinski definition) is 1. The van der Waals surface area contributed by atoms with Crippen LogP contribution >= 0.6 is 15.9 Å². The highest BCUT2D eigenvalue weighted by Gasteiger charge is 2.01. The van der Waals surface area contributed by atoms with Gasteiger partial charge in [-0.2, -0.15) is 0 Å². The Morgan fingerprint density at radius 3 is 2.56 bits per heavy atom. The van der Waals surface area contributed by atoms with E-state index in [1.165, 1.54) is 5.56 Å². The average molecular weight is 301 g/mol. The van der Waals surface area contributed by atoms with Gasteiger partial charge in [-0.05, 0) is 11.1 Å². The van der Waals surface area contributed by atoms with Crippen molar-refractivity contribution in [3.05, 3.63) is 75.5 Å². The van der Waals surface area contributed by atoms with E-state index >= 15 is 0 Å². The van der Waals surface area contributed by atoms with Gasteiger partial charge >= 0.3 is 0 Å². The molecule has 2 aromatic rings. The third-order valence-corrected chi connectivity index (χ3v) is 3.42. The predicted molar refractivity (Wildman–Crippen MR) is 77.4 cm³/mol. The summed E-state index contributed by atoms with van der Waals surface area (Å²) in [6, 6.07) is 15.9. The smallest absolute Gasteiger partial charge is 0.187 e. The van der Waals surface area contributed by atoms with Crippen LogP contribution in [0.4, 0.5) is 5.69 Å². The van der Waals surface area contributed by atoms with Crippen molar-refractivity contribution in [1.82, 2.24) is 5.32 Å². The first-order chi connectivity index (χ1) is 8.79. The van der Waals surface area contributed by atoms with E-state index in [-0.39, 0.29) is 0 Å². The molecule has 0 bridgehead atoms. The molecule has 3 heteroatoms. The Morgan fingerprint density at radius 1 is 1.06 bits per heavy atom. The van der Waals surface area contributed by atoms with Crippen LogP contribution in [0, 0.1) is 6.57 Å². The fourth-order valence-electron chi connectivity index (χ4n) is 1.70. The summed E-state index contributed by atoms with van der Waals surface area (Å²) in [6.45, 7) is 8.59. The average Bonchev–Trinajstić information content (AvgIpc) is 2.42. The van der Waals surface area contributed by atoms with Crippen LogP contribution in [0.25, 0.3) is 4.85 Å². The minimum absolute atomic E-state index is 0.676. The molecule has 18 heavy (non-hydrogen) atoms. The standard InChI is InChI=1S/C15H13BrN2/c1-17-14-7-8-15(16)13(9-14)11-18-10-12-5-3-2-4-6-12/h2-9,18H,10-11H2. The molecule has 0 unspecified atom stereocenters. The SMILES string of the molecule is [C-]#[N+]c1ccc(Br)c(CNCc2ccccc2)c1. The number of nitrogens with zero attached hydrogens (tertiary/aromatic N) is 1.